The van der Waals surface area contributed by atoms with Gasteiger partial charge >= 0.3 is 6.09 Å². The number of carbonyl (C=O) groups is 2. The molecule has 0 spiro atoms. The SMILES string of the molecule is CC(C)(C)OC(=O)N1CCN(C(=O)c2cc3ccc(F)cc3nc2Cl)CC1. The van der Waals surface area contributed by atoms with Crippen molar-refractivity contribution in [1.82, 2.24) is 14.8 Å². The average Bonchev–Trinajstić information content (AvgIpc) is 2.59. The highest BCUT2D eigenvalue weighted by Crippen LogP contribution is 2.23. The Morgan fingerprint density at radius 3 is 2.37 bits per heavy atom. The molecule has 0 aliphatic carbocycles. The molecule has 2 aromatic rings. The molecular weight excluding hydrogens is 373 g/mol. The average molecular weight is 394 g/mol. The number of fused-ring (bicyclic) bond motifs is 1. The smallest absolute Gasteiger partial charge is 0.410 e. The van der Waals surface area contributed by atoms with E-state index in [0.717, 1.165) is 0 Å². The lowest BCUT2D eigenvalue weighted by atomic mass is 10.1. The molecule has 1 aliphatic rings. The minimum absolute atomic E-state index is 0.0349. The van der Waals surface area contributed by atoms with Crippen LogP contribution in [-0.4, -0.2) is 58.6 Å². The first-order chi connectivity index (χ1) is 12.6. The molecule has 0 atom stereocenters. The third-order valence-corrected chi connectivity index (χ3v) is 4.47. The van der Waals surface area contributed by atoms with Crippen LogP contribution in [0.25, 0.3) is 10.9 Å². The van der Waals surface area contributed by atoms with Gasteiger partial charge in [0.05, 0.1) is 11.1 Å². The van der Waals surface area contributed by atoms with E-state index >= 15 is 0 Å². The first-order valence-corrected chi connectivity index (χ1v) is 9.05. The van der Waals surface area contributed by atoms with Crippen molar-refractivity contribution in [3.05, 3.63) is 40.8 Å². The van der Waals surface area contributed by atoms with E-state index < -0.39 is 11.4 Å². The molecule has 3 rings (SSSR count). The fourth-order valence-electron chi connectivity index (χ4n) is 2.86. The zero-order valence-corrected chi connectivity index (χ0v) is 16.2. The van der Waals surface area contributed by atoms with Crippen molar-refractivity contribution < 1.29 is 18.7 Å². The van der Waals surface area contributed by atoms with Crippen molar-refractivity contribution in [2.75, 3.05) is 26.2 Å². The molecule has 0 bridgehead atoms. The fraction of sp³-hybridized carbons (Fsp3) is 0.421. The van der Waals surface area contributed by atoms with Gasteiger partial charge in [-0.05, 0) is 39.0 Å². The third-order valence-electron chi connectivity index (χ3n) is 4.18. The van der Waals surface area contributed by atoms with Crippen LogP contribution in [0, 0.1) is 5.82 Å². The Balaban J connectivity index is 1.71. The highest BCUT2D eigenvalue weighted by atomic mass is 35.5. The van der Waals surface area contributed by atoms with Crippen LogP contribution in [0.15, 0.2) is 24.3 Å². The van der Waals surface area contributed by atoms with Crippen molar-refractivity contribution in [2.24, 2.45) is 0 Å². The van der Waals surface area contributed by atoms with Gasteiger partial charge in [-0.25, -0.2) is 14.2 Å². The molecule has 1 aromatic carbocycles. The van der Waals surface area contributed by atoms with Crippen LogP contribution in [0.2, 0.25) is 5.15 Å². The van der Waals surface area contributed by atoms with Gasteiger partial charge in [0, 0.05) is 37.6 Å². The molecule has 2 heterocycles. The summed E-state index contributed by atoms with van der Waals surface area (Å²) in [6, 6.07) is 5.76. The Kier molecular flexibility index (Phi) is 5.24. The van der Waals surface area contributed by atoms with E-state index in [1.165, 1.54) is 12.1 Å². The fourth-order valence-corrected chi connectivity index (χ4v) is 3.08. The summed E-state index contributed by atoms with van der Waals surface area (Å²) in [5.41, 5.74) is 0.0983. The van der Waals surface area contributed by atoms with Crippen LogP contribution in [-0.2, 0) is 4.74 Å². The number of hydrogen-bond acceptors (Lipinski definition) is 4. The Bertz CT molecular complexity index is 890. The maximum atomic E-state index is 13.3. The van der Waals surface area contributed by atoms with Gasteiger partial charge in [-0.2, -0.15) is 0 Å². The summed E-state index contributed by atoms with van der Waals surface area (Å²) in [4.78, 5) is 32.3. The summed E-state index contributed by atoms with van der Waals surface area (Å²) in [6.45, 7) is 6.93. The summed E-state index contributed by atoms with van der Waals surface area (Å²) >= 11 is 6.16. The topological polar surface area (TPSA) is 62.7 Å². The lowest BCUT2D eigenvalue weighted by molar-refractivity contribution is 0.0141. The van der Waals surface area contributed by atoms with Crippen molar-refractivity contribution in [1.29, 1.82) is 0 Å². The van der Waals surface area contributed by atoms with Crippen LogP contribution in [0.3, 0.4) is 0 Å². The lowest BCUT2D eigenvalue weighted by Gasteiger charge is -2.35. The number of rotatable bonds is 1. The first-order valence-electron chi connectivity index (χ1n) is 8.67. The summed E-state index contributed by atoms with van der Waals surface area (Å²) < 4.78 is 18.7. The number of amides is 2. The summed E-state index contributed by atoms with van der Waals surface area (Å²) in [5, 5.41) is 0.671. The number of piperazine rings is 1. The molecule has 1 aliphatic heterocycles. The van der Waals surface area contributed by atoms with Gasteiger partial charge in [0.1, 0.15) is 16.6 Å². The van der Waals surface area contributed by atoms with Crippen LogP contribution in [0.4, 0.5) is 9.18 Å². The molecule has 2 amide bonds. The number of pyridine rings is 1. The minimum atomic E-state index is -0.562. The predicted molar refractivity (Wildman–Crippen MR) is 100 cm³/mol. The number of carbonyl (C=O) groups excluding carboxylic acids is 2. The van der Waals surface area contributed by atoms with Gasteiger partial charge in [0.2, 0.25) is 0 Å². The summed E-state index contributed by atoms with van der Waals surface area (Å²) in [7, 11) is 0. The van der Waals surface area contributed by atoms with E-state index in [9.17, 15) is 14.0 Å². The van der Waals surface area contributed by atoms with Crippen LogP contribution >= 0.6 is 11.6 Å². The van der Waals surface area contributed by atoms with Crippen molar-refractivity contribution in [3.63, 3.8) is 0 Å². The highest BCUT2D eigenvalue weighted by Gasteiger charge is 2.29. The van der Waals surface area contributed by atoms with E-state index in [0.29, 0.717) is 37.1 Å². The number of aromatic nitrogens is 1. The molecule has 0 radical (unpaired) electrons. The number of nitrogens with zero attached hydrogens (tertiary/aromatic N) is 3. The largest absolute Gasteiger partial charge is 0.444 e. The van der Waals surface area contributed by atoms with Crippen molar-refractivity contribution >= 4 is 34.5 Å². The standard InChI is InChI=1S/C19H21ClFN3O3/c1-19(2,3)27-18(26)24-8-6-23(7-9-24)17(25)14-10-12-4-5-13(21)11-15(12)22-16(14)20/h4-5,10-11H,6-9H2,1-3H3. The monoisotopic (exact) mass is 393 g/mol. The van der Waals surface area contributed by atoms with Crippen LogP contribution in [0.5, 0.6) is 0 Å². The maximum absolute atomic E-state index is 13.3. The van der Waals surface area contributed by atoms with E-state index in [2.05, 4.69) is 4.98 Å². The van der Waals surface area contributed by atoms with Gasteiger partial charge in [-0.15, -0.1) is 0 Å². The van der Waals surface area contributed by atoms with Gasteiger partial charge in [0.25, 0.3) is 5.91 Å². The van der Waals surface area contributed by atoms with E-state index in [-0.39, 0.29) is 22.7 Å². The molecule has 1 fully saturated rings. The molecule has 27 heavy (non-hydrogen) atoms. The molecule has 0 saturated carbocycles. The molecule has 8 heteroatoms. The molecule has 1 saturated heterocycles. The Morgan fingerprint density at radius 1 is 1.11 bits per heavy atom. The Hall–Kier alpha value is -2.41. The number of hydrogen-bond donors (Lipinski definition) is 0. The maximum Gasteiger partial charge on any atom is 0.410 e. The second-order valence-electron chi connectivity index (χ2n) is 7.42. The molecule has 144 valence electrons. The molecule has 1 aromatic heterocycles. The second-order valence-corrected chi connectivity index (χ2v) is 7.78. The van der Waals surface area contributed by atoms with Crippen LogP contribution in [0.1, 0.15) is 31.1 Å². The molecule has 6 nitrogen and oxygen atoms in total. The minimum Gasteiger partial charge on any atom is -0.444 e. The molecular formula is C19H21ClFN3O3. The van der Waals surface area contributed by atoms with E-state index in [1.54, 1.807) is 21.9 Å². The van der Waals surface area contributed by atoms with Gasteiger partial charge in [-0.3, -0.25) is 4.79 Å². The normalized spacial score (nSPS) is 15.1. The Morgan fingerprint density at radius 2 is 1.74 bits per heavy atom. The number of benzene rings is 1. The van der Waals surface area contributed by atoms with E-state index in [4.69, 9.17) is 16.3 Å². The van der Waals surface area contributed by atoms with Gasteiger partial charge in [-0.1, -0.05) is 11.6 Å². The third kappa shape index (κ3) is 4.47. The lowest BCUT2D eigenvalue weighted by Crippen LogP contribution is -2.51. The van der Waals surface area contributed by atoms with Gasteiger partial charge in [0.15, 0.2) is 0 Å². The highest BCUT2D eigenvalue weighted by molar-refractivity contribution is 6.33. The summed E-state index contributed by atoms with van der Waals surface area (Å²) in [6.07, 6.45) is -0.387. The second kappa shape index (κ2) is 7.31. The quantitative estimate of drug-likeness (QED) is 0.693. The first kappa shape index (κ1) is 19.4. The number of halogens is 2. The van der Waals surface area contributed by atoms with Crippen molar-refractivity contribution in [3.8, 4) is 0 Å². The molecule has 0 N–H and O–H groups in total. The zero-order valence-electron chi connectivity index (χ0n) is 15.5. The van der Waals surface area contributed by atoms with Crippen LogP contribution < -0.4 is 0 Å². The van der Waals surface area contributed by atoms with E-state index in [1.807, 2.05) is 20.8 Å². The Labute approximate surface area is 161 Å². The zero-order chi connectivity index (χ0) is 19.8. The number of ether oxygens (including phenoxy) is 1. The summed E-state index contributed by atoms with van der Waals surface area (Å²) in [5.74, 6) is -0.675. The predicted octanol–water partition coefficient (Wildman–Crippen LogP) is 3.72. The van der Waals surface area contributed by atoms with Gasteiger partial charge < -0.3 is 14.5 Å². The van der Waals surface area contributed by atoms with Crippen molar-refractivity contribution in [2.45, 2.75) is 26.4 Å². The molecule has 0 unspecified atom stereocenters.